The van der Waals surface area contributed by atoms with Crippen molar-refractivity contribution in [2.75, 3.05) is 5.32 Å². The summed E-state index contributed by atoms with van der Waals surface area (Å²) in [5, 5.41) is 21.1. The Hall–Kier alpha value is -2.58. The maximum absolute atomic E-state index is 13.0. The zero-order chi connectivity index (χ0) is 14.7. The first-order valence-electron chi connectivity index (χ1n) is 5.51. The van der Waals surface area contributed by atoms with Crippen molar-refractivity contribution in [3.05, 3.63) is 58.4 Å². The first kappa shape index (κ1) is 13.8. The summed E-state index contributed by atoms with van der Waals surface area (Å²) in [6.45, 7) is 0. The van der Waals surface area contributed by atoms with Gasteiger partial charge in [0.15, 0.2) is 0 Å². The van der Waals surface area contributed by atoms with E-state index in [4.69, 9.17) is 22.0 Å². The van der Waals surface area contributed by atoms with Gasteiger partial charge in [-0.15, -0.1) is 0 Å². The van der Waals surface area contributed by atoms with Gasteiger partial charge in [0.25, 0.3) is 0 Å². The van der Waals surface area contributed by atoms with Crippen molar-refractivity contribution in [1.82, 2.24) is 0 Å². The number of rotatable bonds is 3. The number of halogens is 2. The lowest BCUT2D eigenvalue weighted by Crippen LogP contribution is -2.03. The van der Waals surface area contributed by atoms with Crippen LogP contribution in [0.3, 0.4) is 0 Å². The van der Waals surface area contributed by atoms with E-state index in [-0.39, 0.29) is 21.8 Å². The first-order chi connectivity index (χ1) is 9.51. The molecule has 20 heavy (non-hydrogen) atoms. The highest BCUT2D eigenvalue weighted by atomic mass is 35.5. The normalized spacial score (nSPS) is 9.85. The number of carboxylic acid groups (broad SMARTS) is 1. The van der Waals surface area contributed by atoms with Crippen LogP contribution >= 0.6 is 11.6 Å². The number of nitrogens with one attached hydrogen (secondary N) is 1. The van der Waals surface area contributed by atoms with Gasteiger partial charge in [-0.1, -0.05) is 11.6 Å². The fourth-order valence-corrected chi connectivity index (χ4v) is 1.84. The van der Waals surface area contributed by atoms with Crippen molar-refractivity contribution >= 4 is 28.9 Å². The number of nitriles is 1. The van der Waals surface area contributed by atoms with Gasteiger partial charge < -0.3 is 10.4 Å². The summed E-state index contributed by atoms with van der Waals surface area (Å²) in [4.78, 5) is 11.1. The highest BCUT2D eigenvalue weighted by molar-refractivity contribution is 6.31. The summed E-state index contributed by atoms with van der Waals surface area (Å²) in [6, 6.07) is 9.75. The largest absolute Gasteiger partial charge is 0.478 e. The third-order valence-corrected chi connectivity index (χ3v) is 2.82. The molecule has 0 heterocycles. The Morgan fingerprint density at radius 1 is 1.25 bits per heavy atom. The number of hydrogen-bond acceptors (Lipinski definition) is 3. The van der Waals surface area contributed by atoms with E-state index < -0.39 is 11.8 Å². The number of carboxylic acids is 1. The standard InChI is InChI=1S/C14H8ClFN2O2/c15-9-1-3-13(11(6-9)14(19)20)18-12-4-2-10(16)5-8(12)7-17/h1-6,18H,(H,19,20). The van der Waals surface area contributed by atoms with Gasteiger partial charge in [0.05, 0.1) is 22.5 Å². The molecule has 0 unspecified atom stereocenters. The van der Waals surface area contributed by atoms with Gasteiger partial charge in [0.1, 0.15) is 11.9 Å². The van der Waals surface area contributed by atoms with E-state index in [2.05, 4.69) is 5.32 Å². The first-order valence-corrected chi connectivity index (χ1v) is 5.88. The molecule has 0 fully saturated rings. The Balaban J connectivity index is 2.45. The molecular weight excluding hydrogens is 283 g/mol. The SMILES string of the molecule is N#Cc1cc(F)ccc1Nc1ccc(Cl)cc1C(=O)O. The number of carbonyl (C=O) groups is 1. The molecule has 0 bridgehead atoms. The molecule has 0 atom stereocenters. The van der Waals surface area contributed by atoms with Gasteiger partial charge in [-0.25, -0.2) is 9.18 Å². The van der Waals surface area contributed by atoms with Crippen molar-refractivity contribution in [3.8, 4) is 6.07 Å². The van der Waals surface area contributed by atoms with Gasteiger partial charge in [-0.3, -0.25) is 0 Å². The Labute approximate surface area is 119 Å². The molecule has 0 saturated heterocycles. The molecule has 0 aliphatic rings. The summed E-state index contributed by atoms with van der Waals surface area (Å²) in [5.74, 6) is -1.70. The van der Waals surface area contributed by atoms with Crippen molar-refractivity contribution < 1.29 is 14.3 Å². The maximum Gasteiger partial charge on any atom is 0.337 e. The summed E-state index contributed by atoms with van der Waals surface area (Å²) < 4.78 is 13.0. The van der Waals surface area contributed by atoms with E-state index in [1.54, 1.807) is 0 Å². The molecule has 0 saturated carbocycles. The Morgan fingerprint density at radius 3 is 2.60 bits per heavy atom. The van der Waals surface area contributed by atoms with Crippen LogP contribution in [0.15, 0.2) is 36.4 Å². The fraction of sp³-hybridized carbons (Fsp3) is 0. The van der Waals surface area contributed by atoms with Crippen LogP contribution in [0.2, 0.25) is 5.02 Å². The highest BCUT2D eigenvalue weighted by Gasteiger charge is 2.12. The van der Waals surface area contributed by atoms with E-state index in [1.165, 1.54) is 30.3 Å². The molecule has 0 aromatic heterocycles. The third kappa shape index (κ3) is 2.87. The van der Waals surface area contributed by atoms with E-state index in [1.807, 2.05) is 6.07 Å². The van der Waals surface area contributed by atoms with Crippen LogP contribution in [0.25, 0.3) is 0 Å². The van der Waals surface area contributed by atoms with Crippen molar-refractivity contribution in [1.29, 1.82) is 5.26 Å². The molecule has 0 amide bonds. The number of aromatic carboxylic acids is 1. The summed E-state index contributed by atoms with van der Waals surface area (Å²) in [7, 11) is 0. The van der Waals surface area contributed by atoms with Gasteiger partial charge in [-0.2, -0.15) is 5.26 Å². The molecule has 100 valence electrons. The zero-order valence-corrected chi connectivity index (χ0v) is 10.8. The van der Waals surface area contributed by atoms with Crippen molar-refractivity contribution in [3.63, 3.8) is 0 Å². The minimum absolute atomic E-state index is 0.0364. The molecule has 6 heteroatoms. The zero-order valence-electron chi connectivity index (χ0n) is 10.0. The lowest BCUT2D eigenvalue weighted by atomic mass is 10.1. The molecule has 2 aromatic rings. The number of hydrogen-bond donors (Lipinski definition) is 2. The van der Waals surface area contributed by atoms with Crippen LogP contribution < -0.4 is 5.32 Å². The van der Waals surface area contributed by atoms with Gasteiger partial charge in [-0.05, 0) is 36.4 Å². The Bertz CT molecular complexity index is 726. The van der Waals surface area contributed by atoms with Crippen LogP contribution in [-0.2, 0) is 0 Å². The van der Waals surface area contributed by atoms with Crippen LogP contribution in [0.1, 0.15) is 15.9 Å². The number of benzene rings is 2. The summed E-state index contributed by atoms with van der Waals surface area (Å²) in [5.41, 5.74) is 0.630. The third-order valence-electron chi connectivity index (χ3n) is 2.58. The quantitative estimate of drug-likeness (QED) is 0.902. The lowest BCUT2D eigenvalue weighted by molar-refractivity contribution is 0.0698. The van der Waals surface area contributed by atoms with Gasteiger partial charge >= 0.3 is 5.97 Å². The molecule has 2 aromatic carbocycles. The van der Waals surface area contributed by atoms with E-state index in [9.17, 15) is 9.18 Å². The predicted octanol–water partition coefficient (Wildman–Crippen LogP) is 3.79. The van der Waals surface area contributed by atoms with Crippen molar-refractivity contribution in [2.45, 2.75) is 0 Å². The highest BCUT2D eigenvalue weighted by Crippen LogP contribution is 2.26. The fourth-order valence-electron chi connectivity index (χ4n) is 1.67. The molecule has 0 radical (unpaired) electrons. The second-order valence-corrected chi connectivity index (χ2v) is 4.36. The average molecular weight is 291 g/mol. The number of nitrogens with zero attached hydrogens (tertiary/aromatic N) is 1. The molecule has 0 aliphatic heterocycles. The van der Waals surface area contributed by atoms with Crippen molar-refractivity contribution in [2.24, 2.45) is 0 Å². The monoisotopic (exact) mass is 290 g/mol. The minimum atomic E-state index is -1.16. The Kier molecular flexibility index (Phi) is 3.87. The minimum Gasteiger partial charge on any atom is -0.478 e. The maximum atomic E-state index is 13.0. The average Bonchev–Trinajstić information content (AvgIpc) is 2.42. The number of anilines is 2. The topological polar surface area (TPSA) is 73.1 Å². The second kappa shape index (κ2) is 5.59. The van der Waals surface area contributed by atoms with E-state index in [0.29, 0.717) is 5.69 Å². The van der Waals surface area contributed by atoms with E-state index >= 15 is 0 Å². The molecule has 2 N–H and O–H groups in total. The molecule has 0 spiro atoms. The smallest absolute Gasteiger partial charge is 0.337 e. The van der Waals surface area contributed by atoms with Crippen LogP contribution in [0, 0.1) is 17.1 Å². The second-order valence-electron chi connectivity index (χ2n) is 3.92. The lowest BCUT2D eigenvalue weighted by Gasteiger charge is -2.11. The van der Waals surface area contributed by atoms with Crippen LogP contribution in [0.4, 0.5) is 15.8 Å². The summed E-state index contributed by atoms with van der Waals surface area (Å²) >= 11 is 5.75. The van der Waals surface area contributed by atoms with E-state index in [0.717, 1.165) is 6.07 Å². The molecular formula is C14H8ClFN2O2. The van der Waals surface area contributed by atoms with Crippen LogP contribution in [0.5, 0.6) is 0 Å². The predicted molar refractivity (Wildman–Crippen MR) is 72.8 cm³/mol. The Morgan fingerprint density at radius 2 is 1.95 bits per heavy atom. The summed E-state index contributed by atoms with van der Waals surface area (Å²) in [6.07, 6.45) is 0. The van der Waals surface area contributed by atoms with Gasteiger partial charge in [0, 0.05) is 5.02 Å². The molecule has 2 rings (SSSR count). The molecule has 0 aliphatic carbocycles. The molecule has 4 nitrogen and oxygen atoms in total. The van der Waals surface area contributed by atoms with Crippen LogP contribution in [-0.4, -0.2) is 11.1 Å². The van der Waals surface area contributed by atoms with Gasteiger partial charge in [0.2, 0.25) is 0 Å².